The van der Waals surface area contributed by atoms with Crippen LogP contribution in [-0.4, -0.2) is 5.78 Å². The molecule has 5 heteroatoms. The van der Waals surface area contributed by atoms with Crippen LogP contribution in [0.3, 0.4) is 0 Å². The molecule has 2 heterocycles. The van der Waals surface area contributed by atoms with E-state index in [4.69, 9.17) is 0 Å². The van der Waals surface area contributed by atoms with Gasteiger partial charge in [-0.05, 0) is 61.9 Å². The van der Waals surface area contributed by atoms with E-state index >= 15 is 0 Å². The zero-order valence-corrected chi connectivity index (χ0v) is 12.5. The Morgan fingerprint density at radius 2 is 2.07 bits per heavy atom. The second-order valence-electron chi connectivity index (χ2n) is 3.06. The van der Waals surface area contributed by atoms with E-state index in [1.165, 1.54) is 22.7 Å². The van der Waals surface area contributed by atoms with Gasteiger partial charge in [0.1, 0.15) is 0 Å². The highest BCUT2D eigenvalue weighted by Crippen LogP contribution is 2.34. The maximum atomic E-state index is 12.1. The Morgan fingerprint density at radius 3 is 2.53 bits per heavy atom. The fourth-order valence-electron chi connectivity index (χ4n) is 1.18. The highest BCUT2D eigenvalue weighted by atomic mass is 79.9. The lowest BCUT2D eigenvalue weighted by Crippen LogP contribution is -1.96. The topological polar surface area (TPSA) is 17.1 Å². The molecule has 0 amide bonds. The average Bonchev–Trinajstić information content (AvgIpc) is 2.71. The highest BCUT2D eigenvalue weighted by Gasteiger charge is 2.16. The van der Waals surface area contributed by atoms with Gasteiger partial charge in [0.05, 0.1) is 12.4 Å². The van der Waals surface area contributed by atoms with E-state index in [0.717, 1.165) is 23.6 Å². The van der Waals surface area contributed by atoms with Crippen molar-refractivity contribution < 1.29 is 4.79 Å². The third kappa shape index (κ3) is 2.41. The first-order valence-electron chi connectivity index (χ1n) is 4.12. The van der Waals surface area contributed by atoms with Crippen LogP contribution >= 0.6 is 54.5 Å². The van der Waals surface area contributed by atoms with E-state index in [-0.39, 0.29) is 5.78 Å². The molecule has 78 valence electrons. The minimum atomic E-state index is 0.0851. The molecule has 0 saturated heterocycles. The van der Waals surface area contributed by atoms with E-state index in [1.54, 1.807) is 0 Å². The van der Waals surface area contributed by atoms with Gasteiger partial charge in [0.15, 0.2) is 0 Å². The van der Waals surface area contributed by atoms with Gasteiger partial charge in [0, 0.05) is 5.56 Å². The zero-order valence-electron chi connectivity index (χ0n) is 7.71. The quantitative estimate of drug-likeness (QED) is 0.693. The van der Waals surface area contributed by atoms with E-state index < -0.39 is 0 Å². The lowest BCUT2D eigenvalue weighted by Gasteiger charge is -1.93. The molecule has 0 unspecified atom stereocenters. The lowest BCUT2D eigenvalue weighted by molar-refractivity contribution is 0.104. The van der Waals surface area contributed by atoms with Crippen molar-refractivity contribution in [1.29, 1.82) is 0 Å². The Labute approximate surface area is 112 Å². The molecule has 0 radical (unpaired) electrons. The summed E-state index contributed by atoms with van der Waals surface area (Å²) in [7, 11) is 0. The predicted molar refractivity (Wildman–Crippen MR) is 72.2 cm³/mol. The minimum absolute atomic E-state index is 0.0851. The van der Waals surface area contributed by atoms with Crippen molar-refractivity contribution in [3.63, 3.8) is 0 Å². The summed E-state index contributed by atoms with van der Waals surface area (Å²) in [6.45, 7) is 1.99. The Hall–Kier alpha value is 0.0300. The summed E-state index contributed by atoms with van der Waals surface area (Å²) in [5, 5.41) is 1.99. The summed E-state index contributed by atoms with van der Waals surface area (Å²) >= 11 is 9.77. The van der Waals surface area contributed by atoms with Gasteiger partial charge in [-0.1, -0.05) is 0 Å². The number of hydrogen-bond donors (Lipinski definition) is 0. The molecule has 0 aliphatic rings. The second-order valence-corrected chi connectivity index (χ2v) is 7.72. The van der Waals surface area contributed by atoms with Crippen molar-refractivity contribution in [2.75, 3.05) is 0 Å². The fraction of sp³-hybridized carbons (Fsp3) is 0.100. The predicted octanol–water partition coefficient (Wildman–Crippen LogP) is 4.87. The molecule has 2 rings (SSSR count). The van der Waals surface area contributed by atoms with E-state index in [1.807, 2.05) is 24.4 Å². The van der Waals surface area contributed by atoms with Crippen LogP contribution in [0.5, 0.6) is 0 Å². The number of aryl methyl sites for hydroxylation is 1. The fourth-order valence-corrected chi connectivity index (χ4v) is 4.82. The monoisotopic (exact) mass is 364 g/mol. The molecule has 0 spiro atoms. The van der Waals surface area contributed by atoms with Crippen LogP contribution in [0.25, 0.3) is 0 Å². The number of carbonyl (C=O) groups excluding carboxylic acids is 1. The molecule has 1 nitrogen and oxygen atoms in total. The lowest BCUT2D eigenvalue weighted by atomic mass is 10.2. The van der Waals surface area contributed by atoms with Crippen LogP contribution in [0, 0.1) is 6.92 Å². The van der Waals surface area contributed by atoms with Crippen LogP contribution in [0.15, 0.2) is 25.1 Å². The van der Waals surface area contributed by atoms with Crippen molar-refractivity contribution >= 4 is 60.3 Å². The van der Waals surface area contributed by atoms with Crippen LogP contribution in [0.1, 0.15) is 20.8 Å². The summed E-state index contributed by atoms with van der Waals surface area (Å²) in [6, 6.07) is 3.77. The highest BCUT2D eigenvalue weighted by molar-refractivity contribution is 9.12. The molecule has 0 fully saturated rings. The number of carbonyl (C=O) groups is 1. The van der Waals surface area contributed by atoms with Crippen LogP contribution in [0.4, 0.5) is 0 Å². The smallest absolute Gasteiger partial charge is 0.204 e. The number of hydrogen-bond acceptors (Lipinski definition) is 3. The van der Waals surface area contributed by atoms with Crippen molar-refractivity contribution in [3.8, 4) is 0 Å². The minimum Gasteiger partial charge on any atom is -0.288 e. The van der Waals surface area contributed by atoms with Gasteiger partial charge in [-0.2, -0.15) is 0 Å². The van der Waals surface area contributed by atoms with Crippen molar-refractivity contribution in [2.45, 2.75) is 6.92 Å². The van der Waals surface area contributed by atoms with Gasteiger partial charge in [-0.15, -0.1) is 22.7 Å². The second kappa shape index (κ2) is 4.49. The van der Waals surface area contributed by atoms with Crippen molar-refractivity contribution in [1.82, 2.24) is 0 Å². The van der Waals surface area contributed by atoms with Gasteiger partial charge in [0.2, 0.25) is 5.78 Å². The molecule has 2 aromatic rings. The average molecular weight is 366 g/mol. The molecule has 0 aliphatic heterocycles. The molecular formula is C10H6Br2OS2. The Balaban J connectivity index is 2.40. The van der Waals surface area contributed by atoms with E-state index in [2.05, 4.69) is 31.9 Å². The third-order valence-corrected chi connectivity index (χ3v) is 5.24. The van der Waals surface area contributed by atoms with Gasteiger partial charge < -0.3 is 0 Å². The third-order valence-electron chi connectivity index (χ3n) is 1.86. The summed E-state index contributed by atoms with van der Waals surface area (Å²) in [5.41, 5.74) is 1.86. The number of rotatable bonds is 2. The van der Waals surface area contributed by atoms with Crippen LogP contribution in [0.2, 0.25) is 0 Å². The summed E-state index contributed by atoms with van der Waals surface area (Å²) in [5.74, 6) is 0.0851. The zero-order chi connectivity index (χ0) is 11.0. The van der Waals surface area contributed by atoms with Gasteiger partial charge in [-0.3, -0.25) is 4.79 Å². The van der Waals surface area contributed by atoms with E-state index in [9.17, 15) is 4.79 Å². The Kier molecular flexibility index (Phi) is 3.45. The Bertz CT molecular complexity index is 513. The molecule has 0 aliphatic carbocycles. The largest absolute Gasteiger partial charge is 0.288 e. The van der Waals surface area contributed by atoms with Gasteiger partial charge in [-0.25, -0.2) is 0 Å². The van der Waals surface area contributed by atoms with Gasteiger partial charge >= 0.3 is 0 Å². The molecule has 15 heavy (non-hydrogen) atoms. The standard InChI is InChI=1S/C10H6Br2OS2/c1-5-2-7(14-4-5)9(13)6-3-8(11)15-10(6)12/h2-4H,1H3. The van der Waals surface area contributed by atoms with Crippen molar-refractivity contribution in [3.05, 3.63) is 41.1 Å². The molecular weight excluding hydrogens is 360 g/mol. The first kappa shape index (κ1) is 11.5. The first-order valence-corrected chi connectivity index (χ1v) is 7.41. The molecule has 0 aromatic carbocycles. The number of ketones is 1. The summed E-state index contributed by atoms with van der Waals surface area (Å²) in [4.78, 5) is 12.9. The molecule has 2 aromatic heterocycles. The summed E-state index contributed by atoms with van der Waals surface area (Å²) in [6.07, 6.45) is 0. The molecule has 0 atom stereocenters. The Morgan fingerprint density at radius 1 is 1.33 bits per heavy atom. The SMILES string of the molecule is Cc1csc(C(=O)c2cc(Br)sc2Br)c1. The first-order chi connectivity index (χ1) is 7.08. The van der Waals surface area contributed by atoms with Crippen LogP contribution < -0.4 is 0 Å². The molecule has 0 bridgehead atoms. The molecule has 0 N–H and O–H groups in total. The maximum absolute atomic E-state index is 12.1. The van der Waals surface area contributed by atoms with Crippen molar-refractivity contribution in [2.24, 2.45) is 0 Å². The summed E-state index contributed by atoms with van der Waals surface area (Å²) < 4.78 is 1.84. The van der Waals surface area contributed by atoms with Crippen LogP contribution in [-0.2, 0) is 0 Å². The number of halogens is 2. The van der Waals surface area contributed by atoms with Gasteiger partial charge in [0.25, 0.3) is 0 Å². The normalized spacial score (nSPS) is 10.6. The molecule has 0 saturated carbocycles. The number of thiophene rings is 2. The van der Waals surface area contributed by atoms with E-state index in [0.29, 0.717) is 0 Å². The maximum Gasteiger partial charge on any atom is 0.204 e.